The largest absolute Gasteiger partial charge is 0.378 e. The van der Waals surface area contributed by atoms with E-state index in [4.69, 9.17) is 9.26 Å². The van der Waals surface area contributed by atoms with Crippen molar-refractivity contribution in [3.05, 3.63) is 65.7 Å². The molecule has 0 unspecified atom stereocenters. The van der Waals surface area contributed by atoms with Crippen LogP contribution < -0.4 is 0 Å². The van der Waals surface area contributed by atoms with E-state index in [1.165, 1.54) is 0 Å². The number of ether oxygens (including phenoxy) is 1. The number of carbonyl (C=O) groups is 1. The number of amides is 1. The van der Waals surface area contributed by atoms with Gasteiger partial charge >= 0.3 is 0 Å². The van der Waals surface area contributed by atoms with Crippen LogP contribution in [0.4, 0.5) is 0 Å². The number of hydrogen-bond donors (Lipinski definition) is 1. The van der Waals surface area contributed by atoms with Crippen molar-refractivity contribution in [2.24, 2.45) is 0 Å². The molecule has 1 amide bonds. The van der Waals surface area contributed by atoms with Crippen LogP contribution in [0.15, 0.2) is 53.3 Å². The molecule has 0 spiro atoms. The van der Waals surface area contributed by atoms with E-state index in [0.717, 1.165) is 22.2 Å². The third kappa shape index (κ3) is 3.50. The Bertz CT molecular complexity index is 1140. The smallest absolute Gasteiger partial charge is 0.257 e. The highest BCUT2D eigenvalue weighted by Crippen LogP contribution is 2.22. The van der Waals surface area contributed by atoms with Crippen molar-refractivity contribution in [3.8, 4) is 11.5 Å². The highest BCUT2D eigenvalue weighted by atomic mass is 16.5. The van der Waals surface area contributed by atoms with Gasteiger partial charge in [0, 0.05) is 48.4 Å². The lowest BCUT2D eigenvalue weighted by atomic mass is 10.1. The van der Waals surface area contributed by atoms with Gasteiger partial charge in [0.25, 0.3) is 11.8 Å². The van der Waals surface area contributed by atoms with Gasteiger partial charge in [0.1, 0.15) is 5.65 Å². The molecule has 0 bridgehead atoms. The Morgan fingerprint density at radius 2 is 1.97 bits per heavy atom. The first-order chi connectivity index (χ1) is 14.3. The molecule has 3 aromatic heterocycles. The maximum Gasteiger partial charge on any atom is 0.257 e. The summed E-state index contributed by atoms with van der Waals surface area (Å²) in [5, 5.41) is 5.14. The van der Waals surface area contributed by atoms with Crippen LogP contribution in [0.1, 0.15) is 21.7 Å². The number of carbonyl (C=O) groups excluding carboxylic acids is 1. The lowest BCUT2D eigenvalue weighted by Crippen LogP contribution is -2.40. The maximum absolute atomic E-state index is 12.5. The van der Waals surface area contributed by atoms with E-state index in [-0.39, 0.29) is 5.91 Å². The number of aromatic nitrogens is 4. The molecule has 0 radical (unpaired) electrons. The van der Waals surface area contributed by atoms with Gasteiger partial charge in [-0.05, 0) is 42.0 Å². The zero-order chi connectivity index (χ0) is 19.6. The van der Waals surface area contributed by atoms with Crippen LogP contribution in [0.25, 0.3) is 22.5 Å². The third-order valence-electron chi connectivity index (χ3n) is 5.03. The van der Waals surface area contributed by atoms with E-state index in [0.29, 0.717) is 50.0 Å². The first kappa shape index (κ1) is 17.6. The molecule has 8 heteroatoms. The summed E-state index contributed by atoms with van der Waals surface area (Å²) in [7, 11) is 0. The van der Waals surface area contributed by atoms with Crippen molar-refractivity contribution in [2.45, 2.75) is 6.42 Å². The normalized spacial score (nSPS) is 14.4. The van der Waals surface area contributed by atoms with E-state index in [2.05, 4.69) is 20.1 Å². The van der Waals surface area contributed by atoms with Gasteiger partial charge in [0.2, 0.25) is 0 Å². The van der Waals surface area contributed by atoms with Gasteiger partial charge in [0.15, 0.2) is 5.82 Å². The van der Waals surface area contributed by atoms with E-state index in [9.17, 15) is 4.79 Å². The molecule has 5 rings (SSSR count). The Balaban J connectivity index is 1.32. The average molecular weight is 389 g/mol. The zero-order valence-electron chi connectivity index (χ0n) is 15.7. The van der Waals surface area contributed by atoms with Crippen LogP contribution in [0, 0.1) is 0 Å². The molecule has 0 saturated carbocycles. The standard InChI is InChI=1S/C21H19N5O3/c27-21(26-8-10-28-11-9-26)15-5-3-14(4-6-15)20-24-18(25-29-20)12-16-13-23-19-17(16)2-1-7-22-19/h1-7,13H,8-12H2,(H,22,23). The van der Waals surface area contributed by atoms with Crippen LogP contribution in [0.2, 0.25) is 0 Å². The summed E-state index contributed by atoms with van der Waals surface area (Å²) in [6.45, 7) is 2.41. The Hall–Kier alpha value is -3.52. The summed E-state index contributed by atoms with van der Waals surface area (Å²) >= 11 is 0. The van der Waals surface area contributed by atoms with Crippen molar-refractivity contribution in [3.63, 3.8) is 0 Å². The minimum atomic E-state index is 0.0130. The van der Waals surface area contributed by atoms with E-state index >= 15 is 0 Å². The first-order valence-electron chi connectivity index (χ1n) is 9.49. The minimum absolute atomic E-state index is 0.0130. The quantitative estimate of drug-likeness (QED) is 0.576. The summed E-state index contributed by atoms with van der Waals surface area (Å²) in [5.41, 5.74) is 3.32. The van der Waals surface area contributed by atoms with Crippen LogP contribution in [0.3, 0.4) is 0 Å². The second-order valence-electron chi connectivity index (χ2n) is 6.89. The molecule has 8 nitrogen and oxygen atoms in total. The van der Waals surface area contributed by atoms with E-state index in [1.54, 1.807) is 23.2 Å². The summed E-state index contributed by atoms with van der Waals surface area (Å²) in [6.07, 6.45) is 4.21. The van der Waals surface area contributed by atoms with Crippen LogP contribution >= 0.6 is 0 Å². The van der Waals surface area contributed by atoms with Gasteiger partial charge < -0.3 is 19.1 Å². The van der Waals surface area contributed by atoms with Crippen molar-refractivity contribution >= 4 is 16.9 Å². The number of nitrogens with zero attached hydrogens (tertiary/aromatic N) is 4. The van der Waals surface area contributed by atoms with Crippen LogP contribution in [-0.4, -0.2) is 57.2 Å². The average Bonchev–Trinajstić information content (AvgIpc) is 3.42. The number of rotatable bonds is 4. The van der Waals surface area contributed by atoms with E-state index in [1.807, 2.05) is 30.5 Å². The first-order valence-corrected chi connectivity index (χ1v) is 9.49. The molecular weight excluding hydrogens is 370 g/mol. The predicted molar refractivity (Wildman–Crippen MR) is 105 cm³/mol. The zero-order valence-corrected chi connectivity index (χ0v) is 15.7. The molecule has 1 N–H and O–H groups in total. The molecule has 4 aromatic rings. The topological polar surface area (TPSA) is 97.1 Å². The number of pyridine rings is 1. The summed E-state index contributed by atoms with van der Waals surface area (Å²) < 4.78 is 10.7. The lowest BCUT2D eigenvalue weighted by molar-refractivity contribution is 0.0303. The number of fused-ring (bicyclic) bond motifs is 1. The monoisotopic (exact) mass is 389 g/mol. The fourth-order valence-electron chi connectivity index (χ4n) is 3.48. The van der Waals surface area contributed by atoms with Gasteiger partial charge in [-0.2, -0.15) is 4.98 Å². The van der Waals surface area contributed by atoms with Crippen molar-refractivity contribution < 1.29 is 14.1 Å². The molecule has 0 atom stereocenters. The highest BCUT2D eigenvalue weighted by Gasteiger charge is 2.19. The number of nitrogens with one attached hydrogen (secondary N) is 1. The van der Waals surface area contributed by atoms with Gasteiger partial charge in [-0.1, -0.05) is 5.16 Å². The molecular formula is C21H19N5O3. The Morgan fingerprint density at radius 1 is 1.14 bits per heavy atom. The molecule has 1 aliphatic rings. The second-order valence-corrected chi connectivity index (χ2v) is 6.89. The Morgan fingerprint density at radius 3 is 2.79 bits per heavy atom. The number of morpholine rings is 1. The van der Waals surface area contributed by atoms with Gasteiger partial charge in [-0.25, -0.2) is 4.98 Å². The lowest BCUT2D eigenvalue weighted by Gasteiger charge is -2.26. The summed E-state index contributed by atoms with van der Waals surface area (Å²) in [5.74, 6) is 1.04. The molecule has 146 valence electrons. The molecule has 29 heavy (non-hydrogen) atoms. The molecule has 4 heterocycles. The van der Waals surface area contributed by atoms with E-state index < -0.39 is 0 Å². The van der Waals surface area contributed by atoms with Crippen molar-refractivity contribution in [2.75, 3.05) is 26.3 Å². The number of H-pyrrole nitrogens is 1. The predicted octanol–water partition coefficient (Wildman–Crippen LogP) is 2.68. The van der Waals surface area contributed by atoms with Crippen molar-refractivity contribution in [1.82, 2.24) is 25.0 Å². The maximum atomic E-state index is 12.5. The number of benzene rings is 1. The number of aromatic amines is 1. The number of hydrogen-bond acceptors (Lipinski definition) is 6. The molecule has 1 aliphatic heterocycles. The third-order valence-corrected chi connectivity index (χ3v) is 5.03. The molecule has 1 fully saturated rings. The fraction of sp³-hybridized carbons (Fsp3) is 0.238. The summed E-state index contributed by atoms with van der Waals surface area (Å²) in [4.78, 5) is 26.3. The van der Waals surface area contributed by atoms with Crippen LogP contribution in [0.5, 0.6) is 0 Å². The minimum Gasteiger partial charge on any atom is -0.378 e. The molecule has 1 saturated heterocycles. The van der Waals surface area contributed by atoms with Gasteiger partial charge in [-0.15, -0.1) is 0 Å². The Labute approximate surface area is 166 Å². The SMILES string of the molecule is O=C(c1ccc(-c2nc(Cc3c[nH]c4ncccc34)no2)cc1)N1CCOCC1. The van der Waals surface area contributed by atoms with Crippen molar-refractivity contribution in [1.29, 1.82) is 0 Å². The summed E-state index contributed by atoms with van der Waals surface area (Å²) in [6, 6.07) is 11.2. The Kier molecular flexibility index (Phi) is 4.53. The van der Waals surface area contributed by atoms with Gasteiger partial charge in [-0.3, -0.25) is 4.79 Å². The fourth-order valence-corrected chi connectivity index (χ4v) is 3.48. The highest BCUT2D eigenvalue weighted by molar-refractivity contribution is 5.94. The van der Waals surface area contributed by atoms with Crippen LogP contribution in [-0.2, 0) is 11.2 Å². The molecule has 0 aliphatic carbocycles. The molecule has 1 aromatic carbocycles. The van der Waals surface area contributed by atoms with Gasteiger partial charge in [0.05, 0.1) is 13.2 Å². The second kappa shape index (κ2) is 7.48.